The molecule has 24 heavy (non-hydrogen) atoms. The number of benzene rings is 2. The van der Waals surface area contributed by atoms with E-state index in [1.54, 1.807) is 11.8 Å². The van der Waals surface area contributed by atoms with E-state index in [2.05, 4.69) is 17.4 Å². The third-order valence-corrected chi connectivity index (χ3v) is 5.98. The number of halogens is 1. The van der Waals surface area contributed by atoms with E-state index >= 15 is 0 Å². The number of amides is 1. The Hall–Kier alpha value is -1.23. The van der Waals surface area contributed by atoms with E-state index in [0.717, 1.165) is 53.2 Å². The van der Waals surface area contributed by atoms with Crippen LogP contribution in [-0.2, 0) is 4.79 Å². The van der Waals surface area contributed by atoms with Crippen LogP contribution in [0.5, 0.6) is 0 Å². The van der Waals surface area contributed by atoms with E-state index in [1.165, 1.54) is 0 Å². The highest BCUT2D eigenvalue weighted by molar-refractivity contribution is 8.00. The number of fused-ring (bicyclic) bond motifs is 1. The fraction of sp³-hybridized carbons (Fsp3) is 0.421. The lowest BCUT2D eigenvalue weighted by Gasteiger charge is -2.32. The van der Waals surface area contributed by atoms with Crippen LogP contribution in [0.2, 0.25) is 5.02 Å². The topological polar surface area (TPSA) is 32.3 Å². The van der Waals surface area contributed by atoms with Gasteiger partial charge in [-0.3, -0.25) is 4.79 Å². The first-order valence-electron chi connectivity index (χ1n) is 8.41. The van der Waals surface area contributed by atoms with Gasteiger partial charge in [0.15, 0.2) is 0 Å². The van der Waals surface area contributed by atoms with Gasteiger partial charge in [0.2, 0.25) is 5.91 Å². The highest BCUT2D eigenvalue weighted by atomic mass is 35.5. The molecule has 1 saturated heterocycles. The summed E-state index contributed by atoms with van der Waals surface area (Å²) < 4.78 is 0. The summed E-state index contributed by atoms with van der Waals surface area (Å²) in [5.74, 6) is 1.40. The molecule has 0 aromatic heterocycles. The normalized spacial score (nSPS) is 15.8. The monoisotopic (exact) mass is 362 g/mol. The molecule has 2 aromatic carbocycles. The molecule has 3 rings (SSSR count). The van der Waals surface area contributed by atoms with Crippen molar-refractivity contribution in [1.82, 2.24) is 10.2 Å². The standard InChI is InChI=1S/C19H23ClN2OS/c1-21-12-14-8-10-22(11-9-14)18(23)13-24-17-7-3-5-15-4-2-6-16(20)19(15)17/h2-7,14,21H,8-13H2,1H3. The molecule has 1 heterocycles. The van der Waals surface area contributed by atoms with E-state index in [1.807, 2.05) is 36.2 Å². The summed E-state index contributed by atoms with van der Waals surface area (Å²) in [5, 5.41) is 6.14. The predicted octanol–water partition coefficient (Wildman–Crippen LogP) is 4.04. The number of carbonyl (C=O) groups excluding carboxylic acids is 1. The Bertz CT molecular complexity index is 708. The van der Waals surface area contributed by atoms with Crippen LogP contribution in [0, 0.1) is 5.92 Å². The number of hydrogen-bond donors (Lipinski definition) is 1. The number of nitrogens with zero attached hydrogens (tertiary/aromatic N) is 1. The first-order chi connectivity index (χ1) is 11.7. The van der Waals surface area contributed by atoms with Gasteiger partial charge in [-0.2, -0.15) is 0 Å². The second-order valence-corrected chi connectivity index (χ2v) is 7.69. The van der Waals surface area contributed by atoms with Crippen molar-refractivity contribution in [2.45, 2.75) is 17.7 Å². The molecule has 0 aliphatic carbocycles. The molecule has 2 aromatic rings. The highest BCUT2D eigenvalue weighted by Gasteiger charge is 2.22. The van der Waals surface area contributed by atoms with E-state index in [9.17, 15) is 4.79 Å². The molecule has 0 radical (unpaired) electrons. The van der Waals surface area contributed by atoms with E-state index < -0.39 is 0 Å². The maximum atomic E-state index is 12.5. The average Bonchev–Trinajstić information content (AvgIpc) is 2.61. The fourth-order valence-electron chi connectivity index (χ4n) is 3.29. The van der Waals surface area contributed by atoms with Crippen molar-refractivity contribution in [3.05, 3.63) is 41.4 Å². The van der Waals surface area contributed by atoms with Gasteiger partial charge in [0.1, 0.15) is 0 Å². The third-order valence-electron chi connectivity index (χ3n) is 4.63. The minimum atomic E-state index is 0.229. The average molecular weight is 363 g/mol. The van der Waals surface area contributed by atoms with Gasteiger partial charge < -0.3 is 10.2 Å². The lowest BCUT2D eigenvalue weighted by molar-refractivity contribution is -0.129. The Kier molecular flexibility index (Phi) is 6.04. The molecule has 5 heteroatoms. The molecule has 0 bridgehead atoms. The number of piperidine rings is 1. The smallest absolute Gasteiger partial charge is 0.232 e. The summed E-state index contributed by atoms with van der Waals surface area (Å²) in [5.41, 5.74) is 0. The van der Waals surface area contributed by atoms with Gasteiger partial charge in [-0.1, -0.05) is 35.9 Å². The SMILES string of the molecule is CNCC1CCN(C(=O)CSc2cccc3cccc(Cl)c23)CC1. The molecule has 1 amide bonds. The first kappa shape index (κ1) is 17.6. The van der Waals surface area contributed by atoms with Crippen molar-refractivity contribution < 1.29 is 4.79 Å². The maximum Gasteiger partial charge on any atom is 0.232 e. The second-order valence-electron chi connectivity index (χ2n) is 6.26. The lowest BCUT2D eigenvalue weighted by Crippen LogP contribution is -2.41. The third kappa shape index (κ3) is 4.05. The number of likely N-dealkylation sites (tertiary alicyclic amines) is 1. The van der Waals surface area contributed by atoms with Gasteiger partial charge in [0.05, 0.1) is 5.75 Å². The quantitative estimate of drug-likeness (QED) is 0.814. The summed E-state index contributed by atoms with van der Waals surface area (Å²) in [6.45, 7) is 2.80. The van der Waals surface area contributed by atoms with Gasteiger partial charge in [0, 0.05) is 28.4 Å². The van der Waals surface area contributed by atoms with Crippen molar-refractivity contribution in [2.24, 2.45) is 5.92 Å². The molecule has 128 valence electrons. The van der Waals surface area contributed by atoms with E-state index in [0.29, 0.717) is 11.7 Å². The van der Waals surface area contributed by atoms with Crippen LogP contribution >= 0.6 is 23.4 Å². The number of rotatable bonds is 5. The van der Waals surface area contributed by atoms with Gasteiger partial charge in [-0.15, -0.1) is 11.8 Å². The van der Waals surface area contributed by atoms with Crippen LogP contribution in [0.3, 0.4) is 0 Å². The molecular weight excluding hydrogens is 340 g/mol. The molecule has 1 aliphatic heterocycles. The van der Waals surface area contributed by atoms with Crippen LogP contribution in [0.1, 0.15) is 12.8 Å². The maximum absolute atomic E-state index is 12.5. The molecule has 0 saturated carbocycles. The first-order valence-corrected chi connectivity index (χ1v) is 9.78. The van der Waals surface area contributed by atoms with E-state index in [-0.39, 0.29) is 5.91 Å². The zero-order valence-electron chi connectivity index (χ0n) is 13.9. The minimum Gasteiger partial charge on any atom is -0.342 e. The molecule has 1 fully saturated rings. The summed E-state index contributed by atoms with van der Waals surface area (Å²) in [4.78, 5) is 15.6. The fourth-order valence-corrected chi connectivity index (χ4v) is 4.64. The van der Waals surface area contributed by atoms with Crippen LogP contribution in [0.4, 0.5) is 0 Å². The molecule has 0 unspecified atom stereocenters. The van der Waals surface area contributed by atoms with Gasteiger partial charge in [-0.05, 0) is 49.9 Å². The number of hydrogen-bond acceptors (Lipinski definition) is 3. The minimum absolute atomic E-state index is 0.229. The van der Waals surface area contributed by atoms with Crippen molar-refractivity contribution in [2.75, 3.05) is 32.4 Å². The molecule has 1 N–H and O–H groups in total. The van der Waals surface area contributed by atoms with Crippen molar-refractivity contribution in [3.8, 4) is 0 Å². The Morgan fingerprint density at radius 2 is 1.96 bits per heavy atom. The summed E-state index contributed by atoms with van der Waals surface area (Å²) in [6, 6.07) is 12.0. The zero-order chi connectivity index (χ0) is 16.9. The largest absolute Gasteiger partial charge is 0.342 e. The Balaban J connectivity index is 1.61. The second kappa shape index (κ2) is 8.24. The summed E-state index contributed by atoms with van der Waals surface area (Å²) in [7, 11) is 1.99. The van der Waals surface area contributed by atoms with E-state index in [4.69, 9.17) is 11.6 Å². The number of carbonyl (C=O) groups is 1. The molecule has 0 atom stereocenters. The van der Waals surface area contributed by atoms with Crippen molar-refractivity contribution in [1.29, 1.82) is 0 Å². The molecule has 0 spiro atoms. The van der Waals surface area contributed by atoms with Crippen LogP contribution < -0.4 is 5.32 Å². The lowest BCUT2D eigenvalue weighted by atomic mass is 9.97. The molecule has 3 nitrogen and oxygen atoms in total. The van der Waals surface area contributed by atoms with Crippen LogP contribution in [-0.4, -0.2) is 43.2 Å². The Morgan fingerprint density at radius 1 is 1.25 bits per heavy atom. The Morgan fingerprint density at radius 3 is 2.67 bits per heavy atom. The van der Waals surface area contributed by atoms with Gasteiger partial charge >= 0.3 is 0 Å². The zero-order valence-corrected chi connectivity index (χ0v) is 15.5. The van der Waals surface area contributed by atoms with Crippen LogP contribution in [0.25, 0.3) is 10.8 Å². The summed E-state index contributed by atoms with van der Waals surface area (Å²) >= 11 is 7.95. The summed E-state index contributed by atoms with van der Waals surface area (Å²) in [6.07, 6.45) is 2.19. The Labute approximate surface area is 152 Å². The molecule has 1 aliphatic rings. The number of nitrogens with one attached hydrogen (secondary N) is 1. The van der Waals surface area contributed by atoms with Crippen molar-refractivity contribution >= 4 is 40.0 Å². The van der Waals surface area contributed by atoms with Crippen molar-refractivity contribution in [3.63, 3.8) is 0 Å². The molecular formula is C19H23ClN2OS. The number of thioether (sulfide) groups is 1. The van der Waals surface area contributed by atoms with Gasteiger partial charge in [0.25, 0.3) is 0 Å². The predicted molar refractivity (Wildman–Crippen MR) is 103 cm³/mol. The highest BCUT2D eigenvalue weighted by Crippen LogP contribution is 2.33. The van der Waals surface area contributed by atoms with Crippen LogP contribution in [0.15, 0.2) is 41.3 Å². The van der Waals surface area contributed by atoms with Gasteiger partial charge in [-0.25, -0.2) is 0 Å².